The zero-order valence-electron chi connectivity index (χ0n) is 17.8. The smallest absolute Gasteiger partial charge is 0.216 e. The van der Waals surface area contributed by atoms with E-state index in [0.717, 1.165) is 36.8 Å². The lowest BCUT2D eigenvalue weighted by atomic mass is 9.83. The first-order valence-corrected chi connectivity index (χ1v) is 15.1. The number of allylic oxidation sites excluding steroid dienone is 2. The van der Waals surface area contributed by atoms with Gasteiger partial charge in [0, 0.05) is 23.9 Å². The number of unbranched alkanes of at least 4 members (excludes halogenated alkanes) is 1. The minimum absolute atomic E-state index is 0.00816. The molecule has 0 aromatic heterocycles. The maximum atomic E-state index is 12.9. The molecule has 0 spiro atoms. The fourth-order valence-electron chi connectivity index (χ4n) is 5.06. The van der Waals surface area contributed by atoms with E-state index in [1.54, 1.807) is 12.1 Å². The molecule has 168 valence electrons. The summed E-state index contributed by atoms with van der Waals surface area (Å²) in [6, 6.07) is 5.36. The standard InChI is InChI=1S/C22H33ClNO4PS/c1-16-8-11-20(23)14-19(16)15-30(27,28)24-22-18-10-9-17(13-18)21(22)7-5-3-4-6-12-29(2,25)26/h3,5,8,11,14,17-18,21-22,24H,4,6-7,9-10,12-13,15H2,1-2H3,(H,25,26)/b5-3-/t17-,18+,21?,22?/m1/s1. The number of nitrogens with one attached hydrogen (secondary N) is 1. The Labute approximate surface area is 185 Å². The molecule has 2 N–H and O–H groups in total. The van der Waals surface area contributed by atoms with Crippen LogP contribution in [0.3, 0.4) is 0 Å². The van der Waals surface area contributed by atoms with Crippen molar-refractivity contribution in [3.05, 3.63) is 46.5 Å². The van der Waals surface area contributed by atoms with Crippen LogP contribution in [-0.2, 0) is 20.3 Å². The lowest BCUT2D eigenvalue weighted by molar-refractivity contribution is 0.274. The average Bonchev–Trinajstić information content (AvgIpc) is 3.22. The Morgan fingerprint density at radius 3 is 2.73 bits per heavy atom. The van der Waals surface area contributed by atoms with E-state index >= 15 is 0 Å². The van der Waals surface area contributed by atoms with Crippen LogP contribution in [0.2, 0.25) is 5.02 Å². The summed E-state index contributed by atoms with van der Waals surface area (Å²) < 4.78 is 40.2. The van der Waals surface area contributed by atoms with Crippen LogP contribution in [0.4, 0.5) is 0 Å². The van der Waals surface area contributed by atoms with Gasteiger partial charge in [0.1, 0.15) is 0 Å². The maximum Gasteiger partial charge on any atom is 0.216 e. The van der Waals surface area contributed by atoms with Crippen molar-refractivity contribution in [3.8, 4) is 0 Å². The van der Waals surface area contributed by atoms with Crippen LogP contribution in [0.5, 0.6) is 0 Å². The molecule has 0 heterocycles. The molecule has 5 nitrogen and oxygen atoms in total. The van der Waals surface area contributed by atoms with E-state index in [-0.39, 0.29) is 11.8 Å². The Hall–Kier alpha value is -0.650. The Balaban J connectivity index is 1.59. The number of hydrogen-bond donors (Lipinski definition) is 2. The molecule has 2 bridgehead atoms. The molecular formula is C22H33ClNO4PS. The number of fused-ring (bicyclic) bond motifs is 2. The van der Waals surface area contributed by atoms with Crippen molar-refractivity contribution in [1.29, 1.82) is 0 Å². The van der Waals surface area contributed by atoms with Gasteiger partial charge in [0.25, 0.3) is 0 Å². The molecule has 0 radical (unpaired) electrons. The quantitative estimate of drug-likeness (QED) is 0.281. The number of hydrogen-bond acceptors (Lipinski definition) is 3. The summed E-state index contributed by atoms with van der Waals surface area (Å²) in [6.45, 7) is 3.30. The number of benzene rings is 1. The van der Waals surface area contributed by atoms with Gasteiger partial charge in [-0.1, -0.05) is 29.8 Å². The highest BCUT2D eigenvalue weighted by molar-refractivity contribution is 7.88. The molecule has 3 rings (SSSR count). The zero-order valence-corrected chi connectivity index (χ0v) is 20.2. The number of sulfonamides is 1. The summed E-state index contributed by atoms with van der Waals surface area (Å²) in [4.78, 5) is 9.36. The molecule has 1 aromatic carbocycles. The van der Waals surface area contributed by atoms with Crippen molar-refractivity contribution >= 4 is 29.0 Å². The Bertz CT molecular complexity index is 927. The maximum absolute atomic E-state index is 12.9. The van der Waals surface area contributed by atoms with Gasteiger partial charge in [0.05, 0.1) is 5.75 Å². The summed E-state index contributed by atoms with van der Waals surface area (Å²) in [7, 11) is -6.39. The second kappa shape index (κ2) is 9.87. The Morgan fingerprint density at radius 2 is 2.00 bits per heavy atom. The van der Waals surface area contributed by atoms with Gasteiger partial charge in [-0.25, -0.2) is 13.1 Å². The number of rotatable bonds is 10. The van der Waals surface area contributed by atoms with Crippen LogP contribution in [0.25, 0.3) is 0 Å². The SMILES string of the molecule is Cc1ccc(Cl)cc1CS(=O)(=O)NC1C(C/C=C\CCCP(C)(=O)O)[C@@H]2CC[C@H]1C2. The molecule has 0 saturated heterocycles. The summed E-state index contributed by atoms with van der Waals surface area (Å²) in [5, 5.41) is 0.550. The van der Waals surface area contributed by atoms with Gasteiger partial charge in [0.2, 0.25) is 10.0 Å². The first kappa shape index (κ1) is 24.0. The molecule has 0 amide bonds. The molecule has 5 atom stereocenters. The minimum atomic E-state index is -3.46. The summed E-state index contributed by atoms with van der Waals surface area (Å²) >= 11 is 6.06. The molecule has 0 aliphatic heterocycles. The van der Waals surface area contributed by atoms with E-state index in [0.29, 0.717) is 35.4 Å². The lowest BCUT2D eigenvalue weighted by Gasteiger charge is -2.31. The predicted octanol–water partition coefficient (Wildman–Crippen LogP) is 5.11. The second-order valence-electron chi connectivity index (χ2n) is 9.09. The van der Waals surface area contributed by atoms with Crippen molar-refractivity contribution in [2.45, 2.75) is 57.2 Å². The molecule has 3 unspecified atom stereocenters. The fraction of sp³-hybridized carbons (Fsp3) is 0.636. The van der Waals surface area contributed by atoms with Gasteiger partial charge in [-0.2, -0.15) is 0 Å². The largest absolute Gasteiger partial charge is 0.344 e. The van der Waals surface area contributed by atoms with Gasteiger partial charge in [0.15, 0.2) is 7.37 Å². The van der Waals surface area contributed by atoms with E-state index < -0.39 is 17.4 Å². The summed E-state index contributed by atoms with van der Waals surface area (Å²) in [6.07, 6.45) is 10.3. The van der Waals surface area contributed by atoms with E-state index in [4.69, 9.17) is 11.6 Å². The number of aryl methyl sites for hydroxylation is 1. The van der Waals surface area contributed by atoms with Crippen LogP contribution >= 0.6 is 19.0 Å². The normalized spacial score (nSPS) is 28.3. The van der Waals surface area contributed by atoms with Crippen LogP contribution in [0, 0.1) is 24.7 Å². The van der Waals surface area contributed by atoms with E-state index in [9.17, 15) is 17.9 Å². The molecular weight excluding hydrogens is 441 g/mol. The van der Waals surface area contributed by atoms with E-state index in [1.807, 2.05) is 13.0 Å². The predicted molar refractivity (Wildman–Crippen MR) is 124 cm³/mol. The molecule has 2 aliphatic carbocycles. The van der Waals surface area contributed by atoms with Crippen LogP contribution in [0.15, 0.2) is 30.4 Å². The van der Waals surface area contributed by atoms with Crippen molar-refractivity contribution in [2.75, 3.05) is 12.8 Å². The molecule has 2 aliphatic rings. The van der Waals surface area contributed by atoms with Crippen LogP contribution in [-0.4, -0.2) is 32.2 Å². The highest BCUT2D eigenvalue weighted by Gasteiger charge is 2.48. The van der Waals surface area contributed by atoms with Crippen molar-refractivity contribution < 1.29 is 17.9 Å². The van der Waals surface area contributed by atoms with Crippen molar-refractivity contribution in [2.24, 2.45) is 17.8 Å². The molecule has 30 heavy (non-hydrogen) atoms. The first-order chi connectivity index (χ1) is 14.0. The van der Waals surface area contributed by atoms with E-state index in [1.165, 1.54) is 13.1 Å². The minimum Gasteiger partial charge on any atom is -0.344 e. The van der Waals surface area contributed by atoms with Gasteiger partial charge in [-0.3, -0.25) is 4.57 Å². The topological polar surface area (TPSA) is 83.5 Å². The summed E-state index contributed by atoms with van der Waals surface area (Å²) in [5.74, 6) is 1.27. The first-order valence-electron chi connectivity index (χ1n) is 10.7. The fourth-order valence-corrected chi connectivity index (χ4v) is 7.61. The average molecular weight is 474 g/mol. The summed E-state index contributed by atoms with van der Waals surface area (Å²) in [5.41, 5.74) is 1.67. The number of halogens is 1. The third-order valence-electron chi connectivity index (χ3n) is 6.58. The lowest BCUT2D eigenvalue weighted by Crippen LogP contribution is -2.44. The van der Waals surface area contributed by atoms with Crippen molar-refractivity contribution in [1.82, 2.24) is 4.72 Å². The van der Waals surface area contributed by atoms with Crippen molar-refractivity contribution in [3.63, 3.8) is 0 Å². The third kappa shape index (κ3) is 6.67. The van der Waals surface area contributed by atoms with Crippen LogP contribution < -0.4 is 4.72 Å². The van der Waals surface area contributed by atoms with Gasteiger partial charge < -0.3 is 4.89 Å². The zero-order chi connectivity index (χ0) is 21.9. The highest BCUT2D eigenvalue weighted by Crippen LogP contribution is 2.50. The van der Waals surface area contributed by atoms with Gasteiger partial charge >= 0.3 is 0 Å². The van der Waals surface area contributed by atoms with Gasteiger partial charge in [-0.05, 0) is 86.5 Å². The molecule has 2 fully saturated rings. The molecule has 8 heteroatoms. The van der Waals surface area contributed by atoms with Gasteiger partial charge in [-0.15, -0.1) is 0 Å². The Morgan fingerprint density at radius 1 is 1.27 bits per heavy atom. The van der Waals surface area contributed by atoms with E-state index in [2.05, 4.69) is 16.9 Å². The second-order valence-corrected chi connectivity index (χ2v) is 13.8. The molecule has 2 saturated carbocycles. The monoisotopic (exact) mass is 473 g/mol. The van der Waals surface area contributed by atoms with Crippen LogP contribution in [0.1, 0.15) is 49.7 Å². The molecule has 1 aromatic rings. The highest BCUT2D eigenvalue weighted by atomic mass is 35.5. The Kier molecular flexibility index (Phi) is 7.90. The third-order valence-corrected chi connectivity index (χ3v) is 9.28.